The van der Waals surface area contributed by atoms with Crippen LogP contribution >= 0.6 is 34.5 Å². The first-order valence-electron chi connectivity index (χ1n) is 13.1. The summed E-state index contributed by atoms with van der Waals surface area (Å²) in [5, 5.41) is 2.16. The number of esters is 1. The molecule has 0 spiro atoms. The summed E-state index contributed by atoms with van der Waals surface area (Å²) >= 11 is 14.1. The maximum Gasteiger partial charge on any atom is 0.338 e. The van der Waals surface area contributed by atoms with E-state index in [0.29, 0.717) is 42.8 Å². The molecule has 0 unspecified atom stereocenters. The van der Waals surface area contributed by atoms with Crippen LogP contribution in [0.25, 0.3) is 17.0 Å². The van der Waals surface area contributed by atoms with Gasteiger partial charge >= 0.3 is 5.97 Å². The quantitative estimate of drug-likeness (QED) is 0.221. The number of rotatable bonds is 6. The van der Waals surface area contributed by atoms with Gasteiger partial charge in [0.2, 0.25) is 0 Å². The lowest BCUT2D eigenvalue weighted by atomic mass is 9.96. The van der Waals surface area contributed by atoms with Crippen LogP contribution in [0.4, 0.5) is 0 Å². The number of hydrogen-bond donors (Lipinski definition) is 0. The van der Waals surface area contributed by atoms with Gasteiger partial charge in [0.1, 0.15) is 6.04 Å². The van der Waals surface area contributed by atoms with Crippen LogP contribution in [0, 0.1) is 0 Å². The zero-order valence-electron chi connectivity index (χ0n) is 22.3. The van der Waals surface area contributed by atoms with Gasteiger partial charge in [-0.25, -0.2) is 9.79 Å². The molecular weight excluding hydrogens is 577 g/mol. The molecule has 0 saturated heterocycles. The predicted molar refractivity (Wildman–Crippen MR) is 164 cm³/mol. The summed E-state index contributed by atoms with van der Waals surface area (Å²) in [7, 11) is 0. The molecular formula is C32H25Cl2N3O3S. The van der Waals surface area contributed by atoms with Gasteiger partial charge in [0.15, 0.2) is 4.80 Å². The summed E-state index contributed by atoms with van der Waals surface area (Å²) in [4.78, 5) is 32.4. The number of allylic oxidation sites excluding steroid dienone is 1. The van der Waals surface area contributed by atoms with Crippen molar-refractivity contribution in [3.63, 3.8) is 0 Å². The smallest absolute Gasteiger partial charge is 0.338 e. The second-order valence-electron chi connectivity index (χ2n) is 9.68. The van der Waals surface area contributed by atoms with E-state index in [1.807, 2.05) is 72.9 Å². The van der Waals surface area contributed by atoms with E-state index in [4.69, 9.17) is 27.9 Å². The van der Waals surface area contributed by atoms with Crippen molar-refractivity contribution in [2.45, 2.75) is 26.4 Å². The zero-order chi connectivity index (χ0) is 28.7. The number of carbonyl (C=O) groups is 1. The van der Waals surface area contributed by atoms with Crippen LogP contribution < -0.4 is 14.9 Å². The van der Waals surface area contributed by atoms with E-state index in [1.165, 1.54) is 11.3 Å². The topological polar surface area (TPSA) is 65.6 Å². The summed E-state index contributed by atoms with van der Waals surface area (Å²) in [5.41, 5.74) is 4.21. The van der Waals surface area contributed by atoms with E-state index in [0.717, 1.165) is 22.0 Å². The minimum absolute atomic E-state index is 0.203. The van der Waals surface area contributed by atoms with Crippen LogP contribution in [0.2, 0.25) is 10.0 Å². The number of aromatic nitrogens is 2. The van der Waals surface area contributed by atoms with E-state index < -0.39 is 12.0 Å². The number of benzene rings is 3. The summed E-state index contributed by atoms with van der Waals surface area (Å²) in [5.74, 6) is -0.517. The van der Waals surface area contributed by atoms with Gasteiger partial charge in [-0.05, 0) is 55.3 Å². The van der Waals surface area contributed by atoms with Crippen LogP contribution in [0.5, 0.6) is 0 Å². The Kier molecular flexibility index (Phi) is 7.43. The number of hydrogen-bond acceptors (Lipinski definition) is 5. The van der Waals surface area contributed by atoms with Gasteiger partial charge in [-0.2, -0.15) is 0 Å². The third-order valence-corrected chi connectivity index (χ3v) is 8.63. The summed E-state index contributed by atoms with van der Waals surface area (Å²) < 4.78 is 9.59. The molecule has 0 bridgehead atoms. The Morgan fingerprint density at radius 3 is 2.63 bits per heavy atom. The van der Waals surface area contributed by atoms with Crippen molar-refractivity contribution in [1.82, 2.24) is 9.13 Å². The Labute approximate surface area is 250 Å². The minimum atomic E-state index is -0.759. The van der Waals surface area contributed by atoms with Crippen molar-refractivity contribution in [3.05, 3.63) is 137 Å². The number of fused-ring (bicyclic) bond motifs is 2. The second-order valence-corrected chi connectivity index (χ2v) is 11.5. The Balaban J connectivity index is 1.53. The number of halogens is 2. The fraction of sp³-hybridized carbons (Fsp3) is 0.156. The molecule has 1 aliphatic heterocycles. The largest absolute Gasteiger partial charge is 0.463 e. The third-order valence-electron chi connectivity index (χ3n) is 7.06. The van der Waals surface area contributed by atoms with Crippen molar-refractivity contribution in [1.29, 1.82) is 0 Å². The third kappa shape index (κ3) is 5.05. The normalized spacial score (nSPS) is 15.2. The molecule has 6 nitrogen and oxygen atoms in total. The van der Waals surface area contributed by atoms with Gasteiger partial charge in [0, 0.05) is 39.3 Å². The van der Waals surface area contributed by atoms with E-state index in [2.05, 4.69) is 15.6 Å². The Bertz CT molecular complexity index is 2040. The molecule has 0 N–H and O–H groups in total. The molecule has 0 aliphatic carbocycles. The predicted octanol–water partition coefficient (Wildman–Crippen LogP) is 6.11. The highest BCUT2D eigenvalue weighted by Crippen LogP contribution is 2.34. The summed E-state index contributed by atoms with van der Waals surface area (Å²) in [6.45, 7) is 4.34. The Morgan fingerprint density at radius 1 is 1.07 bits per heavy atom. The zero-order valence-corrected chi connectivity index (χ0v) is 24.6. The number of para-hydroxylation sites is 1. The van der Waals surface area contributed by atoms with Gasteiger partial charge in [-0.15, -0.1) is 0 Å². The lowest BCUT2D eigenvalue weighted by Gasteiger charge is -2.25. The van der Waals surface area contributed by atoms with Gasteiger partial charge in [-0.1, -0.05) is 83.1 Å². The average molecular weight is 603 g/mol. The molecule has 1 atom stereocenters. The van der Waals surface area contributed by atoms with E-state index in [1.54, 1.807) is 24.5 Å². The fourth-order valence-electron chi connectivity index (χ4n) is 5.28. The lowest BCUT2D eigenvalue weighted by molar-refractivity contribution is -0.139. The molecule has 9 heteroatoms. The van der Waals surface area contributed by atoms with Crippen LogP contribution in [-0.4, -0.2) is 21.7 Å². The standard InChI is InChI=1S/C32H25Cl2N3O3S/c1-3-40-31(39)28-19(2)35-32-37(29(28)24-12-4-6-13-25(24)34)30(38)27(41-32)16-21-18-36(26-14-7-5-11-23(21)26)17-20-9-8-10-22(33)15-20/h4-16,18,29H,3,17H2,1-2H3/b27-16-/t29-/m0/s1. The maximum atomic E-state index is 14.1. The summed E-state index contributed by atoms with van der Waals surface area (Å²) in [6, 6.07) is 22.3. The molecule has 0 amide bonds. The number of nitrogens with zero attached hydrogens (tertiary/aromatic N) is 3. The number of carbonyl (C=O) groups excluding carboxylic acids is 1. The van der Waals surface area contributed by atoms with Crippen molar-refractivity contribution in [2.75, 3.05) is 6.61 Å². The average Bonchev–Trinajstić information content (AvgIpc) is 3.45. The molecule has 2 aromatic heterocycles. The van der Waals surface area contributed by atoms with Crippen molar-refractivity contribution >= 4 is 57.5 Å². The second kappa shape index (κ2) is 11.2. The highest BCUT2D eigenvalue weighted by atomic mass is 35.5. The van der Waals surface area contributed by atoms with Crippen molar-refractivity contribution in [2.24, 2.45) is 4.99 Å². The lowest BCUT2D eigenvalue weighted by Crippen LogP contribution is -2.40. The monoisotopic (exact) mass is 601 g/mol. The molecule has 3 aromatic carbocycles. The molecule has 1 aliphatic rings. The maximum absolute atomic E-state index is 14.1. The summed E-state index contributed by atoms with van der Waals surface area (Å²) in [6.07, 6.45) is 3.94. The molecule has 5 aromatic rings. The number of thiazole rings is 1. The van der Waals surface area contributed by atoms with Crippen molar-refractivity contribution < 1.29 is 9.53 Å². The van der Waals surface area contributed by atoms with Gasteiger partial charge < -0.3 is 9.30 Å². The first-order chi connectivity index (χ1) is 19.9. The Hall–Kier alpha value is -3.91. The molecule has 0 fully saturated rings. The molecule has 3 heterocycles. The van der Waals surface area contributed by atoms with E-state index in [-0.39, 0.29) is 12.2 Å². The first-order valence-corrected chi connectivity index (χ1v) is 14.7. The van der Waals surface area contributed by atoms with E-state index >= 15 is 0 Å². The highest BCUT2D eigenvalue weighted by molar-refractivity contribution is 7.07. The van der Waals surface area contributed by atoms with Crippen LogP contribution in [0.1, 0.15) is 36.6 Å². The van der Waals surface area contributed by atoms with E-state index in [9.17, 15) is 9.59 Å². The minimum Gasteiger partial charge on any atom is -0.463 e. The van der Waals surface area contributed by atoms with Crippen LogP contribution in [0.3, 0.4) is 0 Å². The van der Waals surface area contributed by atoms with Gasteiger partial charge in [-0.3, -0.25) is 9.36 Å². The molecule has 6 rings (SSSR count). The number of ether oxygens (including phenoxy) is 1. The van der Waals surface area contributed by atoms with Gasteiger partial charge in [0.25, 0.3) is 5.56 Å². The molecule has 0 radical (unpaired) electrons. The molecule has 41 heavy (non-hydrogen) atoms. The molecule has 206 valence electrons. The van der Waals surface area contributed by atoms with Crippen molar-refractivity contribution in [3.8, 4) is 0 Å². The first kappa shape index (κ1) is 27.3. The van der Waals surface area contributed by atoms with Crippen LogP contribution in [0.15, 0.2) is 100 Å². The van der Waals surface area contributed by atoms with Crippen LogP contribution in [-0.2, 0) is 16.1 Å². The highest BCUT2D eigenvalue weighted by Gasteiger charge is 2.34. The molecule has 0 saturated carbocycles. The van der Waals surface area contributed by atoms with Gasteiger partial charge in [0.05, 0.1) is 22.4 Å². The SMILES string of the molecule is CCOC(=O)C1=C(C)N=c2s/c(=C\c3cn(Cc4cccc(Cl)c4)c4ccccc34)c(=O)n2[C@H]1c1ccccc1Cl. The fourth-order valence-corrected chi connectivity index (χ4v) is 6.77. The Morgan fingerprint density at radius 2 is 1.85 bits per heavy atom.